The van der Waals surface area contributed by atoms with Gasteiger partial charge in [0.2, 0.25) is 17.6 Å². The summed E-state index contributed by atoms with van der Waals surface area (Å²) in [6, 6.07) is -3.60. The number of nitrogens with one attached hydrogen (secondary N) is 3. The highest BCUT2D eigenvalue weighted by Crippen LogP contribution is 2.31. The standard InChI is InChI=1S/C25H41N5O7.2C4H10.CH4S/c1-14(2)37-18(31)13-27-24(36)29-20(25(3,4)5)23(35)30-11-7-10-17(30)22(34)28-16(19(32)21(26)33)12-15-8-6-9-15;1-4(2)3;1-3-4-2;1-2/h14-17,20H,6-13H2,1-5H3,(H2,26,33)(H,28,34)(H2,27,29,36);4H,1-3H3;3-4H2,1-2H3;2H,1H3/t16?,17-,20?;;;/m0.../s1. The van der Waals surface area contributed by atoms with Crippen LogP contribution in [-0.4, -0.2) is 84.0 Å². The van der Waals surface area contributed by atoms with Gasteiger partial charge in [-0.05, 0) is 56.6 Å². The molecule has 1 saturated heterocycles. The maximum atomic E-state index is 13.6. The lowest BCUT2D eigenvalue weighted by molar-refractivity contribution is -0.146. The summed E-state index contributed by atoms with van der Waals surface area (Å²) in [6.07, 6.45) is 8.15. The van der Waals surface area contributed by atoms with Gasteiger partial charge in [0, 0.05) is 6.54 Å². The molecule has 274 valence electrons. The van der Waals surface area contributed by atoms with Crippen LogP contribution < -0.4 is 21.7 Å². The molecule has 1 aliphatic carbocycles. The first kappa shape index (κ1) is 46.3. The number of carbonyl (C=O) groups is 6. The highest BCUT2D eigenvalue weighted by Gasteiger charge is 2.43. The molecule has 13 heteroatoms. The zero-order chi connectivity index (χ0) is 36.9. The normalized spacial score (nSPS) is 16.8. The summed E-state index contributed by atoms with van der Waals surface area (Å²) in [5.41, 5.74) is 4.48. The molecule has 2 fully saturated rings. The zero-order valence-electron chi connectivity index (χ0n) is 30.9. The van der Waals surface area contributed by atoms with E-state index in [0.717, 1.165) is 25.2 Å². The van der Waals surface area contributed by atoms with Crippen molar-refractivity contribution in [1.29, 1.82) is 0 Å². The van der Waals surface area contributed by atoms with Gasteiger partial charge in [0.1, 0.15) is 18.6 Å². The minimum absolute atomic E-state index is 0.237. The molecule has 5 amide bonds. The number of thiol groups is 1. The van der Waals surface area contributed by atoms with E-state index < -0.39 is 59.0 Å². The van der Waals surface area contributed by atoms with Gasteiger partial charge in [0.25, 0.3) is 5.91 Å². The fraction of sp³-hybridized carbons (Fsp3) is 0.824. The van der Waals surface area contributed by atoms with Gasteiger partial charge in [-0.2, -0.15) is 12.6 Å². The number of Topliss-reactive ketones (excluding diaryl/α,β-unsaturated/α-hetero) is 1. The SMILES string of the molecule is CC(C)C.CC(C)OC(=O)CNC(=O)NC(C(=O)N1CCC[C@H]1C(=O)NC(CC1CCC1)C(=O)C(N)=O)C(C)(C)C.CCCC.CS. The number of hydrogen-bond donors (Lipinski definition) is 5. The second kappa shape index (κ2) is 24.3. The molecule has 47 heavy (non-hydrogen) atoms. The molecule has 0 radical (unpaired) electrons. The van der Waals surface area contributed by atoms with Crippen molar-refractivity contribution in [1.82, 2.24) is 20.9 Å². The molecule has 2 unspecified atom stereocenters. The second-order valence-corrected chi connectivity index (χ2v) is 13.9. The molecule has 3 atom stereocenters. The van der Waals surface area contributed by atoms with Crippen LogP contribution in [0.3, 0.4) is 0 Å². The number of ether oxygens (including phenoxy) is 1. The minimum Gasteiger partial charge on any atom is -0.462 e. The average Bonchev–Trinajstić information content (AvgIpc) is 3.45. The van der Waals surface area contributed by atoms with Crippen molar-refractivity contribution >= 4 is 48.1 Å². The van der Waals surface area contributed by atoms with Crippen molar-refractivity contribution < 1.29 is 33.5 Å². The molecule has 0 aromatic carbocycles. The smallest absolute Gasteiger partial charge is 0.325 e. The summed E-state index contributed by atoms with van der Waals surface area (Å²) in [5.74, 6) is -2.48. The third-order valence-electron chi connectivity index (χ3n) is 7.16. The average molecular weight is 688 g/mol. The Kier molecular flexibility index (Phi) is 24.0. The van der Waals surface area contributed by atoms with E-state index in [-0.39, 0.29) is 18.6 Å². The van der Waals surface area contributed by atoms with Crippen LogP contribution in [0.4, 0.5) is 4.79 Å². The number of likely N-dealkylation sites (tertiary alicyclic amines) is 1. The van der Waals surface area contributed by atoms with Crippen molar-refractivity contribution in [2.24, 2.45) is 23.0 Å². The number of nitrogens with zero attached hydrogens (tertiary/aromatic N) is 1. The van der Waals surface area contributed by atoms with Gasteiger partial charge in [-0.1, -0.05) is 87.5 Å². The fourth-order valence-electron chi connectivity index (χ4n) is 4.49. The van der Waals surface area contributed by atoms with E-state index in [1.54, 1.807) is 40.9 Å². The number of carbonyl (C=O) groups excluding carboxylic acids is 6. The van der Waals surface area contributed by atoms with Crippen molar-refractivity contribution in [2.75, 3.05) is 19.3 Å². The van der Waals surface area contributed by atoms with Crippen LogP contribution in [0.2, 0.25) is 0 Å². The highest BCUT2D eigenvalue weighted by molar-refractivity contribution is 7.79. The largest absolute Gasteiger partial charge is 0.462 e. The molecule has 2 rings (SSSR count). The monoisotopic (exact) mass is 687 g/mol. The lowest BCUT2D eigenvalue weighted by atomic mass is 9.80. The first-order chi connectivity index (χ1) is 21.8. The number of esters is 1. The van der Waals surface area contributed by atoms with Crippen LogP contribution in [0.25, 0.3) is 0 Å². The van der Waals surface area contributed by atoms with E-state index in [9.17, 15) is 28.8 Å². The summed E-state index contributed by atoms with van der Waals surface area (Å²) in [6.45, 7) is 19.5. The third-order valence-corrected chi connectivity index (χ3v) is 7.16. The summed E-state index contributed by atoms with van der Waals surface area (Å²) < 4.78 is 4.99. The number of ketones is 1. The number of hydrogen-bond acceptors (Lipinski definition) is 8. The van der Waals surface area contributed by atoms with Gasteiger partial charge in [-0.25, -0.2) is 4.79 Å². The number of amides is 5. The predicted octanol–water partition coefficient (Wildman–Crippen LogP) is 4.39. The Morgan fingerprint density at radius 1 is 0.894 bits per heavy atom. The van der Waals surface area contributed by atoms with Crippen LogP contribution in [0.5, 0.6) is 0 Å². The third kappa shape index (κ3) is 19.6. The molecule has 1 saturated carbocycles. The van der Waals surface area contributed by atoms with E-state index in [4.69, 9.17) is 10.5 Å². The van der Waals surface area contributed by atoms with E-state index in [0.29, 0.717) is 25.8 Å². The molecule has 0 bridgehead atoms. The lowest BCUT2D eigenvalue weighted by Gasteiger charge is -2.36. The lowest BCUT2D eigenvalue weighted by Crippen LogP contribution is -2.60. The van der Waals surface area contributed by atoms with Crippen LogP contribution in [0, 0.1) is 17.3 Å². The molecule has 1 aliphatic heterocycles. The maximum Gasteiger partial charge on any atom is 0.325 e. The first-order valence-electron chi connectivity index (χ1n) is 17.0. The Bertz CT molecular complexity index is 976. The molecule has 12 nitrogen and oxygen atoms in total. The molecule has 0 aromatic heterocycles. The number of nitrogens with two attached hydrogens (primary N) is 1. The molecular formula is C34H65N5O7S. The molecule has 2 aliphatic rings. The summed E-state index contributed by atoms with van der Waals surface area (Å²) in [4.78, 5) is 76.2. The van der Waals surface area contributed by atoms with Gasteiger partial charge in [-0.3, -0.25) is 24.0 Å². The summed E-state index contributed by atoms with van der Waals surface area (Å²) in [7, 11) is 0. The quantitative estimate of drug-likeness (QED) is 0.115. The summed E-state index contributed by atoms with van der Waals surface area (Å²) >= 11 is 3.53. The highest BCUT2D eigenvalue weighted by atomic mass is 32.1. The maximum absolute atomic E-state index is 13.6. The fourth-order valence-corrected chi connectivity index (χ4v) is 4.49. The zero-order valence-corrected chi connectivity index (χ0v) is 31.8. The van der Waals surface area contributed by atoms with Gasteiger partial charge < -0.3 is 31.3 Å². The van der Waals surface area contributed by atoms with Gasteiger partial charge >= 0.3 is 12.0 Å². The number of urea groups is 1. The number of primary amides is 1. The molecule has 0 aromatic rings. The van der Waals surface area contributed by atoms with Crippen LogP contribution >= 0.6 is 12.6 Å². The number of unbranched alkanes of at least 4 members (excludes halogenated alkanes) is 1. The van der Waals surface area contributed by atoms with E-state index >= 15 is 0 Å². The first-order valence-corrected chi connectivity index (χ1v) is 17.9. The Labute approximate surface area is 289 Å². The van der Waals surface area contributed by atoms with E-state index in [1.165, 1.54) is 17.7 Å². The Morgan fingerprint density at radius 2 is 1.43 bits per heavy atom. The van der Waals surface area contributed by atoms with Crippen molar-refractivity contribution in [3.8, 4) is 0 Å². The van der Waals surface area contributed by atoms with Crippen LogP contribution in [0.1, 0.15) is 121 Å². The molecule has 1 heterocycles. The Morgan fingerprint density at radius 3 is 1.83 bits per heavy atom. The van der Waals surface area contributed by atoms with Gasteiger partial charge in [0.15, 0.2) is 0 Å². The van der Waals surface area contributed by atoms with Crippen molar-refractivity contribution in [2.45, 2.75) is 145 Å². The van der Waals surface area contributed by atoms with Gasteiger partial charge in [-0.15, -0.1) is 0 Å². The van der Waals surface area contributed by atoms with E-state index in [1.807, 2.05) is 0 Å². The van der Waals surface area contributed by atoms with E-state index in [2.05, 4.69) is 63.2 Å². The van der Waals surface area contributed by atoms with Crippen molar-refractivity contribution in [3.63, 3.8) is 0 Å². The molecular weight excluding hydrogens is 622 g/mol. The van der Waals surface area contributed by atoms with Crippen molar-refractivity contribution in [3.05, 3.63) is 0 Å². The Balaban J connectivity index is 0. The molecule has 0 spiro atoms. The number of rotatable bonds is 12. The van der Waals surface area contributed by atoms with Gasteiger partial charge in [0.05, 0.1) is 12.1 Å². The topological polar surface area (TPSA) is 177 Å². The molecule has 5 N–H and O–H groups in total. The minimum atomic E-state index is -1.11. The Hall–Kier alpha value is -2.83. The second-order valence-electron chi connectivity index (χ2n) is 13.9. The van der Waals surface area contributed by atoms with Crippen LogP contribution in [-0.2, 0) is 28.7 Å². The predicted molar refractivity (Wildman–Crippen MR) is 190 cm³/mol. The van der Waals surface area contributed by atoms with Crippen LogP contribution in [0.15, 0.2) is 0 Å². The summed E-state index contributed by atoms with van der Waals surface area (Å²) in [5, 5.41) is 7.67.